The van der Waals surface area contributed by atoms with Crippen molar-refractivity contribution < 1.29 is 0 Å². The molecule has 20 heavy (non-hydrogen) atoms. The number of hydrogen-bond acceptors (Lipinski definition) is 0. The second kappa shape index (κ2) is 4.98. The first-order valence-corrected chi connectivity index (χ1v) is 7.24. The van der Waals surface area contributed by atoms with Gasteiger partial charge in [-0.25, -0.2) is 0 Å². The van der Waals surface area contributed by atoms with Crippen LogP contribution in [0.5, 0.6) is 0 Å². The predicted octanol–water partition coefficient (Wildman–Crippen LogP) is 5.53. The van der Waals surface area contributed by atoms with E-state index < -0.39 is 0 Å². The van der Waals surface area contributed by atoms with E-state index in [1.165, 1.54) is 21.9 Å². The van der Waals surface area contributed by atoms with Crippen LogP contribution >= 0.6 is 0 Å². The van der Waals surface area contributed by atoms with E-state index in [2.05, 4.69) is 89.8 Å². The van der Waals surface area contributed by atoms with Crippen molar-refractivity contribution in [2.45, 2.75) is 47.0 Å². The molecule has 0 nitrogen and oxygen atoms in total. The summed E-state index contributed by atoms with van der Waals surface area (Å²) in [5.74, 6) is 6.85. The van der Waals surface area contributed by atoms with Crippen molar-refractivity contribution in [1.29, 1.82) is 0 Å². The van der Waals surface area contributed by atoms with Gasteiger partial charge in [-0.1, -0.05) is 69.0 Å². The molecule has 2 aromatic carbocycles. The molecule has 0 aliphatic rings. The summed E-state index contributed by atoms with van der Waals surface area (Å²) in [4.78, 5) is 0. The van der Waals surface area contributed by atoms with Crippen LogP contribution in [-0.4, -0.2) is 0 Å². The minimum atomic E-state index is 0.0199. The summed E-state index contributed by atoms with van der Waals surface area (Å²) in [6.45, 7) is 13.2. The Morgan fingerprint density at radius 3 is 2.05 bits per heavy atom. The molecule has 0 N–H and O–H groups in total. The van der Waals surface area contributed by atoms with Crippen LogP contribution in [0.15, 0.2) is 36.4 Å². The first-order chi connectivity index (χ1) is 9.18. The van der Waals surface area contributed by atoms with Crippen molar-refractivity contribution in [2.75, 3.05) is 0 Å². The zero-order valence-electron chi connectivity index (χ0n) is 13.5. The molecule has 0 heterocycles. The second-order valence-electron chi connectivity index (χ2n) is 7.46. The fourth-order valence-corrected chi connectivity index (χ4v) is 2.28. The molecular weight excluding hydrogens is 240 g/mol. The Morgan fingerprint density at radius 1 is 0.800 bits per heavy atom. The summed E-state index contributed by atoms with van der Waals surface area (Å²) in [6.07, 6.45) is 0. The van der Waals surface area contributed by atoms with E-state index in [0.29, 0.717) is 0 Å². The van der Waals surface area contributed by atoms with Gasteiger partial charge in [-0.05, 0) is 42.5 Å². The first kappa shape index (κ1) is 14.7. The molecule has 0 atom stereocenters. The molecule has 0 unspecified atom stereocenters. The normalized spacial score (nSPS) is 12.1. The molecule has 0 aliphatic carbocycles. The van der Waals surface area contributed by atoms with Crippen LogP contribution in [0.3, 0.4) is 0 Å². The summed E-state index contributed by atoms with van der Waals surface area (Å²) in [6, 6.07) is 12.9. The van der Waals surface area contributed by atoms with Gasteiger partial charge in [0.15, 0.2) is 0 Å². The van der Waals surface area contributed by atoms with E-state index in [1.807, 2.05) is 0 Å². The Kier molecular flexibility index (Phi) is 3.65. The van der Waals surface area contributed by atoms with Gasteiger partial charge < -0.3 is 0 Å². The first-order valence-electron chi connectivity index (χ1n) is 7.24. The van der Waals surface area contributed by atoms with Gasteiger partial charge in [-0.15, -0.1) is 0 Å². The summed E-state index contributed by atoms with van der Waals surface area (Å²) in [5, 5.41) is 2.52. The van der Waals surface area contributed by atoms with E-state index in [9.17, 15) is 0 Å². The lowest BCUT2D eigenvalue weighted by molar-refractivity contribution is 0.570. The van der Waals surface area contributed by atoms with Crippen LogP contribution < -0.4 is 0 Å². The lowest BCUT2D eigenvalue weighted by atomic mass is 9.81. The highest BCUT2D eigenvalue weighted by molar-refractivity contribution is 5.89. The minimum Gasteiger partial charge on any atom is -0.0919 e. The zero-order chi connectivity index (χ0) is 15.0. The molecule has 2 aromatic rings. The fourth-order valence-electron chi connectivity index (χ4n) is 2.28. The molecule has 0 aliphatic heterocycles. The van der Waals surface area contributed by atoms with E-state index >= 15 is 0 Å². The molecule has 2 rings (SSSR count). The third kappa shape index (κ3) is 3.23. The lowest BCUT2D eigenvalue weighted by Crippen LogP contribution is -2.13. The van der Waals surface area contributed by atoms with Gasteiger partial charge in [-0.2, -0.15) is 0 Å². The van der Waals surface area contributed by atoms with E-state index in [-0.39, 0.29) is 10.8 Å². The van der Waals surface area contributed by atoms with Crippen LogP contribution in [0.25, 0.3) is 10.8 Å². The van der Waals surface area contributed by atoms with Gasteiger partial charge >= 0.3 is 0 Å². The molecule has 0 saturated carbocycles. The predicted molar refractivity (Wildman–Crippen MR) is 89.0 cm³/mol. The Hall–Kier alpha value is -1.74. The van der Waals surface area contributed by atoms with Gasteiger partial charge in [0.2, 0.25) is 0 Å². The molecule has 0 bridgehead atoms. The summed E-state index contributed by atoms with van der Waals surface area (Å²) < 4.78 is 0. The Morgan fingerprint density at radius 2 is 1.45 bits per heavy atom. The van der Waals surface area contributed by atoms with Gasteiger partial charge in [0.1, 0.15) is 0 Å². The maximum absolute atomic E-state index is 3.45. The van der Waals surface area contributed by atoms with Crippen molar-refractivity contribution in [1.82, 2.24) is 0 Å². The SMILES string of the molecule is CC(C)(C)C#Cc1c(C(C)(C)C)ccc2ccccc12. The molecule has 104 valence electrons. The van der Waals surface area contributed by atoms with E-state index in [0.717, 1.165) is 0 Å². The Bertz CT molecular complexity index is 680. The quantitative estimate of drug-likeness (QED) is 0.548. The number of benzene rings is 2. The number of hydrogen-bond donors (Lipinski definition) is 0. The largest absolute Gasteiger partial charge is 0.0919 e. The van der Waals surface area contributed by atoms with Crippen molar-refractivity contribution in [3.05, 3.63) is 47.5 Å². The summed E-state index contributed by atoms with van der Waals surface area (Å²) in [7, 11) is 0. The number of rotatable bonds is 0. The van der Waals surface area contributed by atoms with Crippen molar-refractivity contribution in [3.8, 4) is 11.8 Å². The molecule has 0 fully saturated rings. The van der Waals surface area contributed by atoms with E-state index in [1.54, 1.807) is 0 Å². The fraction of sp³-hybridized carbons (Fsp3) is 0.400. The van der Waals surface area contributed by atoms with Crippen molar-refractivity contribution >= 4 is 10.8 Å². The zero-order valence-corrected chi connectivity index (χ0v) is 13.5. The van der Waals surface area contributed by atoms with Crippen molar-refractivity contribution in [2.24, 2.45) is 5.41 Å². The summed E-state index contributed by atoms with van der Waals surface area (Å²) >= 11 is 0. The van der Waals surface area contributed by atoms with Gasteiger partial charge in [-0.3, -0.25) is 0 Å². The minimum absolute atomic E-state index is 0.0199. The average molecular weight is 264 g/mol. The molecular formula is C20H24. The van der Waals surface area contributed by atoms with Crippen LogP contribution in [0.4, 0.5) is 0 Å². The molecule has 0 amide bonds. The molecule has 0 saturated heterocycles. The Labute approximate surface area is 123 Å². The molecule has 0 aromatic heterocycles. The van der Waals surface area contributed by atoms with Crippen LogP contribution in [0.2, 0.25) is 0 Å². The topological polar surface area (TPSA) is 0 Å². The standard InChI is InChI=1S/C20H24/c1-19(2,3)14-13-17-16-10-8-7-9-15(16)11-12-18(17)20(4,5)6/h7-12H,1-6H3. The highest BCUT2D eigenvalue weighted by Gasteiger charge is 2.19. The van der Waals surface area contributed by atoms with Gasteiger partial charge in [0.25, 0.3) is 0 Å². The van der Waals surface area contributed by atoms with Crippen LogP contribution in [-0.2, 0) is 5.41 Å². The lowest BCUT2D eigenvalue weighted by Gasteiger charge is -2.22. The maximum Gasteiger partial charge on any atom is 0.0361 e. The van der Waals surface area contributed by atoms with Gasteiger partial charge in [0.05, 0.1) is 0 Å². The molecule has 0 radical (unpaired) electrons. The molecule has 0 heteroatoms. The van der Waals surface area contributed by atoms with Crippen LogP contribution in [0.1, 0.15) is 52.7 Å². The van der Waals surface area contributed by atoms with Gasteiger partial charge in [0, 0.05) is 11.0 Å². The molecule has 0 spiro atoms. The average Bonchev–Trinajstić information content (AvgIpc) is 2.33. The summed E-state index contributed by atoms with van der Waals surface area (Å²) in [5.41, 5.74) is 2.64. The highest BCUT2D eigenvalue weighted by atomic mass is 14.2. The van der Waals surface area contributed by atoms with Crippen LogP contribution in [0, 0.1) is 17.3 Å². The van der Waals surface area contributed by atoms with Crippen molar-refractivity contribution in [3.63, 3.8) is 0 Å². The Balaban J connectivity index is 2.77. The number of fused-ring (bicyclic) bond motifs is 1. The second-order valence-corrected chi connectivity index (χ2v) is 7.46. The smallest absolute Gasteiger partial charge is 0.0361 e. The monoisotopic (exact) mass is 264 g/mol. The third-order valence-corrected chi connectivity index (χ3v) is 3.30. The van der Waals surface area contributed by atoms with E-state index in [4.69, 9.17) is 0 Å². The highest BCUT2D eigenvalue weighted by Crippen LogP contribution is 2.31. The maximum atomic E-state index is 3.45. The third-order valence-electron chi connectivity index (χ3n) is 3.30.